The zero-order valence-corrected chi connectivity index (χ0v) is 18.7. The highest BCUT2D eigenvalue weighted by Crippen LogP contribution is 2.22. The maximum Gasteiger partial charge on any atom is 0.321 e. The Labute approximate surface area is 190 Å². The van der Waals surface area contributed by atoms with Gasteiger partial charge in [-0.2, -0.15) is 12.6 Å². The Morgan fingerprint density at radius 1 is 0.645 bits per heavy atom. The van der Waals surface area contributed by atoms with Gasteiger partial charge in [-0.25, -0.2) is 0 Å². The van der Waals surface area contributed by atoms with Crippen LogP contribution in [0.3, 0.4) is 0 Å². The van der Waals surface area contributed by atoms with Crippen molar-refractivity contribution in [3.05, 3.63) is 0 Å². The van der Waals surface area contributed by atoms with Crippen molar-refractivity contribution in [3.8, 4) is 0 Å². The summed E-state index contributed by atoms with van der Waals surface area (Å²) < 4.78 is 0. The molecule has 182 valence electrons. The van der Waals surface area contributed by atoms with Crippen LogP contribution in [0.2, 0.25) is 0 Å². The molecule has 0 radical (unpaired) electrons. The molecule has 13 N–H and O–H groups in total. The molecule has 17 heteroatoms. The van der Waals surface area contributed by atoms with Crippen LogP contribution in [-0.2, 0) is 24.0 Å². The number of rotatable bonds is 13. The van der Waals surface area contributed by atoms with Crippen LogP contribution < -0.4 is 22.9 Å². The lowest BCUT2D eigenvalue weighted by atomic mass is 10.2. The van der Waals surface area contributed by atoms with Crippen LogP contribution in [-0.4, -0.2) is 96.8 Å². The molecule has 0 amide bonds. The minimum absolute atomic E-state index is 0.0231. The predicted octanol–water partition coefficient (Wildman–Crippen LogP) is -2.22. The first-order chi connectivity index (χ1) is 14.2. The molecule has 0 fully saturated rings. The summed E-state index contributed by atoms with van der Waals surface area (Å²) in [5, 5.41) is 41.1. The first kappa shape index (κ1) is 33.9. The molecule has 0 saturated carbocycles. The Hall–Kier alpha value is -1.76. The lowest BCUT2D eigenvalue weighted by Crippen LogP contribution is -2.33. The van der Waals surface area contributed by atoms with Gasteiger partial charge in [0.25, 0.3) is 0 Å². The Kier molecular flexibility index (Phi) is 22.0. The van der Waals surface area contributed by atoms with Crippen molar-refractivity contribution in [2.75, 3.05) is 17.3 Å². The van der Waals surface area contributed by atoms with Crippen molar-refractivity contribution in [3.63, 3.8) is 0 Å². The van der Waals surface area contributed by atoms with E-state index < -0.39 is 54.0 Å². The van der Waals surface area contributed by atoms with Crippen LogP contribution in [0.4, 0.5) is 0 Å². The fourth-order valence-electron chi connectivity index (χ4n) is 0.866. The predicted molar refractivity (Wildman–Crippen MR) is 118 cm³/mol. The van der Waals surface area contributed by atoms with Crippen molar-refractivity contribution in [2.45, 2.75) is 37.0 Å². The Morgan fingerprint density at radius 3 is 1.16 bits per heavy atom. The van der Waals surface area contributed by atoms with Crippen molar-refractivity contribution < 1.29 is 49.5 Å². The molecule has 31 heavy (non-hydrogen) atoms. The number of hydrogen-bond acceptors (Lipinski definition) is 12. The number of nitrogens with two attached hydrogens (primary N) is 4. The largest absolute Gasteiger partial charge is 0.481 e. The molecule has 0 saturated heterocycles. The fourth-order valence-corrected chi connectivity index (χ4v) is 3.25. The smallest absolute Gasteiger partial charge is 0.321 e. The van der Waals surface area contributed by atoms with E-state index in [1.807, 2.05) is 0 Å². The summed E-state index contributed by atoms with van der Waals surface area (Å²) in [4.78, 5) is 50.2. The van der Waals surface area contributed by atoms with E-state index in [1.54, 1.807) is 0 Å². The second-order valence-corrected chi connectivity index (χ2v) is 8.38. The number of carboxylic acids is 5. The standard InChI is InChI=1S/C6H12N2O4S2.C5H9NO4.C3H7NO2S/c7-3(5(9)10)1-13-14-2-4(8)6(11)12;6-3(5(9)10)1-2-4(7)8;4-2(1-7)3(5)6/h3-4H,1-2,7-8H2,(H,9,10)(H,11,12);3H,1-2,6H2,(H,7,8)(H,9,10);2,7H,1,4H2,(H,5,6). The zero-order chi connectivity index (χ0) is 25.1. The maximum atomic E-state index is 10.3. The molecule has 0 rings (SSSR count). The molecule has 0 aromatic rings. The van der Waals surface area contributed by atoms with E-state index in [0.717, 1.165) is 0 Å². The topological polar surface area (TPSA) is 291 Å². The van der Waals surface area contributed by atoms with Gasteiger partial charge in [0.05, 0.1) is 0 Å². The van der Waals surface area contributed by atoms with Crippen molar-refractivity contribution in [2.24, 2.45) is 22.9 Å². The van der Waals surface area contributed by atoms with Crippen LogP contribution in [0.15, 0.2) is 0 Å². The molecule has 0 aromatic heterocycles. The second kappa shape index (κ2) is 20.2. The Balaban J connectivity index is -0.000000404. The highest BCUT2D eigenvalue weighted by molar-refractivity contribution is 8.76. The molecule has 0 aliphatic rings. The summed E-state index contributed by atoms with van der Waals surface area (Å²) in [5.41, 5.74) is 20.4. The fraction of sp³-hybridized carbons (Fsp3) is 0.643. The lowest BCUT2D eigenvalue weighted by Gasteiger charge is -2.07. The molecule has 0 aliphatic heterocycles. The van der Waals surface area contributed by atoms with Gasteiger partial charge in [-0.3, -0.25) is 24.0 Å². The molecule has 14 nitrogen and oxygen atoms in total. The molecular weight excluding hydrogens is 480 g/mol. The van der Waals surface area contributed by atoms with Crippen molar-refractivity contribution >= 4 is 64.1 Å². The van der Waals surface area contributed by atoms with E-state index in [0.29, 0.717) is 0 Å². The molecule has 0 heterocycles. The van der Waals surface area contributed by atoms with Gasteiger partial charge >= 0.3 is 29.8 Å². The first-order valence-corrected chi connectivity index (χ1v) is 11.3. The van der Waals surface area contributed by atoms with E-state index in [4.69, 9.17) is 48.5 Å². The Morgan fingerprint density at radius 2 is 0.968 bits per heavy atom. The minimum Gasteiger partial charge on any atom is -0.481 e. The third-order valence-electron chi connectivity index (χ3n) is 2.71. The van der Waals surface area contributed by atoms with E-state index >= 15 is 0 Å². The number of carbonyl (C=O) groups is 5. The van der Waals surface area contributed by atoms with Gasteiger partial charge in [0.1, 0.15) is 24.2 Å². The number of hydrogen-bond donors (Lipinski definition) is 10. The van der Waals surface area contributed by atoms with Crippen LogP contribution >= 0.6 is 34.2 Å². The van der Waals surface area contributed by atoms with Gasteiger partial charge in [0.15, 0.2) is 0 Å². The van der Waals surface area contributed by atoms with E-state index in [2.05, 4.69) is 12.6 Å². The summed E-state index contributed by atoms with van der Waals surface area (Å²) in [7, 11) is 2.41. The Bertz CT molecular complexity index is 563. The number of carboxylic acid groups (broad SMARTS) is 5. The summed E-state index contributed by atoms with van der Waals surface area (Å²) in [5.74, 6) is -4.69. The lowest BCUT2D eigenvalue weighted by molar-refractivity contribution is -0.141. The van der Waals surface area contributed by atoms with E-state index in [1.165, 1.54) is 21.6 Å². The minimum atomic E-state index is -1.17. The van der Waals surface area contributed by atoms with Gasteiger partial charge in [0, 0.05) is 23.7 Å². The molecule has 0 bridgehead atoms. The quantitative estimate of drug-likeness (QED) is 0.0715. The van der Waals surface area contributed by atoms with Gasteiger partial charge in [-0.1, -0.05) is 21.6 Å². The van der Waals surface area contributed by atoms with Crippen molar-refractivity contribution in [1.82, 2.24) is 0 Å². The summed E-state index contributed by atoms with van der Waals surface area (Å²) in [6.45, 7) is 0. The summed E-state index contributed by atoms with van der Waals surface area (Å²) >= 11 is 3.65. The van der Waals surface area contributed by atoms with Gasteiger partial charge < -0.3 is 48.5 Å². The van der Waals surface area contributed by atoms with Crippen LogP contribution in [0.5, 0.6) is 0 Å². The highest BCUT2D eigenvalue weighted by atomic mass is 33.1. The monoisotopic (exact) mass is 508 g/mol. The normalized spacial score (nSPS) is 13.7. The molecular formula is C14H28N4O10S3. The third kappa shape index (κ3) is 24.4. The molecule has 4 atom stereocenters. The van der Waals surface area contributed by atoms with Crippen LogP contribution in [0, 0.1) is 0 Å². The molecule has 4 unspecified atom stereocenters. The summed E-state index contributed by atoms with van der Waals surface area (Å²) in [6, 6.07) is -3.72. The number of aliphatic carboxylic acids is 5. The maximum absolute atomic E-state index is 10.3. The second-order valence-electron chi connectivity index (χ2n) is 5.46. The van der Waals surface area contributed by atoms with Crippen LogP contribution in [0.25, 0.3) is 0 Å². The number of thiol groups is 1. The molecule has 0 spiro atoms. The average Bonchev–Trinajstić information content (AvgIpc) is 2.68. The molecule has 0 aromatic carbocycles. The van der Waals surface area contributed by atoms with Gasteiger partial charge in [-0.15, -0.1) is 0 Å². The summed E-state index contributed by atoms with van der Waals surface area (Å²) in [6.07, 6.45) is -0.224. The first-order valence-electron chi connectivity index (χ1n) is 8.17. The van der Waals surface area contributed by atoms with E-state index in [9.17, 15) is 24.0 Å². The van der Waals surface area contributed by atoms with Crippen LogP contribution in [0.1, 0.15) is 12.8 Å². The van der Waals surface area contributed by atoms with Crippen molar-refractivity contribution in [1.29, 1.82) is 0 Å². The van der Waals surface area contributed by atoms with Gasteiger partial charge in [0.2, 0.25) is 0 Å². The highest BCUT2D eigenvalue weighted by Gasteiger charge is 2.14. The van der Waals surface area contributed by atoms with Gasteiger partial charge in [-0.05, 0) is 6.42 Å². The SMILES string of the molecule is NC(CCC(=O)O)C(=O)O.NC(CS)C(=O)O.NC(CSSCC(N)C(=O)O)C(=O)O. The third-order valence-corrected chi connectivity index (χ3v) is 5.58. The zero-order valence-electron chi connectivity index (χ0n) is 16.2. The van der Waals surface area contributed by atoms with E-state index in [-0.39, 0.29) is 30.1 Å². The molecule has 0 aliphatic carbocycles. The average molecular weight is 509 g/mol.